The molecule has 6 N–H and O–H groups in total. The number of likely N-dealkylation sites (tertiary alicyclic amines) is 2. The number of nitrogens with one attached hydrogen (secondary N) is 6. The summed E-state index contributed by atoms with van der Waals surface area (Å²) in [5.41, 5.74) is 3.19. The Morgan fingerprint density at radius 1 is 0.586 bits per heavy atom. The van der Waals surface area contributed by atoms with Gasteiger partial charge in [-0.2, -0.15) is 0 Å². The molecule has 16 heteroatoms. The second-order valence-electron chi connectivity index (χ2n) is 15.7. The maximum atomic E-state index is 13.8. The summed E-state index contributed by atoms with van der Waals surface area (Å²) >= 11 is 0. The summed E-state index contributed by atoms with van der Waals surface area (Å²) in [5, 5.41) is 17.6. The molecule has 0 bridgehead atoms. The molecule has 2 fully saturated rings. The predicted molar refractivity (Wildman–Crippen MR) is 216 cm³/mol. The molecule has 2 saturated heterocycles. The summed E-state index contributed by atoms with van der Waals surface area (Å²) in [6.45, 7) is 8.27. The number of hydrogen-bond donors (Lipinski definition) is 6. The average molecular weight is 803 g/mol. The maximum absolute atomic E-state index is 13.8. The van der Waals surface area contributed by atoms with E-state index in [1.807, 2.05) is 36.4 Å². The van der Waals surface area contributed by atoms with Crippen LogP contribution < -0.4 is 41.4 Å². The van der Waals surface area contributed by atoms with Gasteiger partial charge in [-0.05, 0) is 67.5 Å². The largest absolute Gasteiger partial charge is 0.492 e. The van der Waals surface area contributed by atoms with Crippen LogP contribution in [0.2, 0.25) is 0 Å². The Bertz CT molecular complexity index is 1760. The molecule has 4 aliphatic rings. The van der Waals surface area contributed by atoms with Crippen molar-refractivity contribution in [1.82, 2.24) is 41.7 Å². The molecule has 0 saturated carbocycles. The number of rotatable bonds is 13. The molecular weight excluding hydrogens is 745 g/mol. The first-order chi connectivity index (χ1) is 27.8. The van der Waals surface area contributed by atoms with Crippen LogP contribution in [0, 0.1) is 0 Å². The molecule has 0 unspecified atom stereocenters. The van der Waals surface area contributed by atoms with E-state index in [0.29, 0.717) is 76.3 Å². The fraction of sp³-hybridized carbons (Fsp3) is 0.571. The van der Waals surface area contributed by atoms with Crippen molar-refractivity contribution in [2.75, 3.05) is 40.4 Å². The van der Waals surface area contributed by atoms with Gasteiger partial charge in [-0.1, -0.05) is 36.4 Å². The van der Waals surface area contributed by atoms with Crippen LogP contribution in [0.4, 0.5) is 0 Å². The van der Waals surface area contributed by atoms with Gasteiger partial charge in [0.05, 0.1) is 37.4 Å². The van der Waals surface area contributed by atoms with Crippen molar-refractivity contribution in [2.24, 2.45) is 0 Å². The zero-order valence-electron chi connectivity index (χ0n) is 34.3. The Hall–Kier alpha value is -5.22. The summed E-state index contributed by atoms with van der Waals surface area (Å²) in [6, 6.07) is 7.07. The summed E-state index contributed by atoms with van der Waals surface area (Å²) < 4.78 is 12.6. The van der Waals surface area contributed by atoms with Crippen molar-refractivity contribution in [1.29, 1.82) is 0 Å². The molecule has 6 amide bonds. The lowest BCUT2D eigenvalue weighted by Crippen LogP contribution is -2.54. The van der Waals surface area contributed by atoms with Gasteiger partial charge in [-0.15, -0.1) is 0 Å². The first kappa shape index (κ1) is 42.4. The molecule has 16 nitrogen and oxygen atoms in total. The third kappa shape index (κ3) is 8.92. The van der Waals surface area contributed by atoms with E-state index >= 15 is 0 Å². The van der Waals surface area contributed by atoms with E-state index in [1.54, 1.807) is 51.6 Å². The van der Waals surface area contributed by atoms with Crippen molar-refractivity contribution >= 4 is 35.4 Å². The van der Waals surface area contributed by atoms with E-state index in [2.05, 4.69) is 31.9 Å². The highest BCUT2D eigenvalue weighted by Crippen LogP contribution is 2.46. The highest BCUT2D eigenvalue weighted by atomic mass is 16.5. The Labute approximate surface area is 339 Å². The molecule has 58 heavy (non-hydrogen) atoms. The van der Waals surface area contributed by atoms with Crippen molar-refractivity contribution < 1.29 is 38.2 Å². The van der Waals surface area contributed by atoms with Crippen LogP contribution in [0.3, 0.4) is 0 Å². The summed E-state index contributed by atoms with van der Waals surface area (Å²) in [6.07, 6.45) is 3.48. The van der Waals surface area contributed by atoms with Crippen LogP contribution in [0.15, 0.2) is 36.4 Å². The lowest BCUT2D eigenvalue weighted by Gasteiger charge is -2.33. The Balaban J connectivity index is 1.16. The Kier molecular flexibility index (Phi) is 13.6. The van der Waals surface area contributed by atoms with Gasteiger partial charge in [0.1, 0.15) is 35.7 Å². The predicted octanol–water partition coefficient (Wildman–Crippen LogP) is 1.44. The zero-order valence-corrected chi connectivity index (χ0v) is 34.3. The molecule has 2 aromatic rings. The van der Waals surface area contributed by atoms with E-state index in [9.17, 15) is 28.8 Å². The van der Waals surface area contributed by atoms with Crippen molar-refractivity contribution in [3.63, 3.8) is 0 Å². The number of amides is 6. The SMILES string of the molecule is CN[C@@H](C)C(=O)N[C@@H](C)C(=O)N1CCC[C@H]1C(=O)N[C@@H]1CCOc2c(-c3cccc4c3OCC[C@H]4NC(=O)[C@@H]3CCCN3C(=O)[C@H](C)NC(=O)[C@H](C)NC)cccc21. The van der Waals surface area contributed by atoms with Gasteiger partial charge in [-0.25, -0.2) is 0 Å². The second kappa shape index (κ2) is 18.6. The first-order valence-electron chi connectivity index (χ1n) is 20.5. The third-order valence-corrected chi connectivity index (χ3v) is 11.9. The fourth-order valence-electron chi connectivity index (χ4n) is 8.28. The zero-order chi connectivity index (χ0) is 41.7. The van der Waals surface area contributed by atoms with E-state index in [4.69, 9.17) is 9.47 Å². The van der Waals surface area contributed by atoms with Crippen LogP contribution in [0.1, 0.15) is 89.4 Å². The minimum Gasteiger partial charge on any atom is -0.492 e. The molecule has 8 atom stereocenters. The summed E-state index contributed by atoms with van der Waals surface area (Å²) in [5.74, 6) is -0.416. The van der Waals surface area contributed by atoms with Crippen LogP contribution in [0.25, 0.3) is 11.1 Å². The number of nitrogens with zero attached hydrogens (tertiary/aromatic N) is 2. The van der Waals surface area contributed by atoms with Gasteiger partial charge in [0.25, 0.3) is 0 Å². The van der Waals surface area contributed by atoms with Crippen LogP contribution >= 0.6 is 0 Å². The van der Waals surface area contributed by atoms with Crippen LogP contribution in [-0.4, -0.2) is 122 Å². The highest BCUT2D eigenvalue weighted by Gasteiger charge is 2.40. The van der Waals surface area contributed by atoms with Crippen molar-refractivity contribution in [2.45, 2.75) is 115 Å². The molecule has 314 valence electrons. The molecular formula is C42H58N8O8. The van der Waals surface area contributed by atoms with Gasteiger partial charge in [0.2, 0.25) is 35.4 Å². The van der Waals surface area contributed by atoms with E-state index in [0.717, 1.165) is 22.3 Å². The molecule has 2 aromatic carbocycles. The van der Waals surface area contributed by atoms with Gasteiger partial charge in [0.15, 0.2) is 0 Å². The summed E-state index contributed by atoms with van der Waals surface area (Å²) in [4.78, 5) is 82.5. The third-order valence-electron chi connectivity index (χ3n) is 11.9. The minimum absolute atomic E-state index is 0.250. The van der Waals surface area contributed by atoms with Crippen molar-refractivity contribution in [3.05, 3.63) is 47.5 Å². The topological polar surface area (TPSA) is 200 Å². The van der Waals surface area contributed by atoms with E-state index in [-0.39, 0.29) is 47.5 Å². The minimum atomic E-state index is -0.779. The van der Waals surface area contributed by atoms with Gasteiger partial charge < -0.3 is 51.2 Å². The average Bonchev–Trinajstić information content (AvgIpc) is 3.93. The van der Waals surface area contributed by atoms with Gasteiger partial charge in [0, 0.05) is 48.2 Å². The number of carbonyl (C=O) groups is 6. The molecule has 4 aliphatic heterocycles. The number of ether oxygens (including phenoxy) is 2. The normalized spacial score (nSPS) is 23.1. The maximum Gasteiger partial charge on any atom is 0.245 e. The number of carbonyl (C=O) groups excluding carboxylic acids is 6. The van der Waals surface area contributed by atoms with E-state index < -0.39 is 36.3 Å². The van der Waals surface area contributed by atoms with Crippen LogP contribution in [-0.2, 0) is 28.8 Å². The highest BCUT2D eigenvalue weighted by molar-refractivity contribution is 5.94. The number of para-hydroxylation sites is 2. The first-order valence-corrected chi connectivity index (χ1v) is 20.5. The number of likely N-dealkylation sites (N-methyl/N-ethyl adjacent to an activating group) is 2. The summed E-state index contributed by atoms with van der Waals surface area (Å²) in [7, 11) is 3.34. The number of benzene rings is 2. The molecule has 6 rings (SSSR count). The smallest absolute Gasteiger partial charge is 0.245 e. The number of hydrogen-bond acceptors (Lipinski definition) is 10. The Morgan fingerprint density at radius 3 is 1.36 bits per heavy atom. The molecule has 0 aliphatic carbocycles. The monoisotopic (exact) mass is 802 g/mol. The molecule has 0 radical (unpaired) electrons. The van der Waals surface area contributed by atoms with Crippen LogP contribution in [0.5, 0.6) is 11.5 Å². The fourth-order valence-corrected chi connectivity index (χ4v) is 8.28. The van der Waals surface area contributed by atoms with Gasteiger partial charge >= 0.3 is 0 Å². The lowest BCUT2D eigenvalue weighted by molar-refractivity contribution is -0.141. The second-order valence-corrected chi connectivity index (χ2v) is 15.7. The molecule has 0 spiro atoms. The van der Waals surface area contributed by atoms with E-state index in [1.165, 1.54) is 0 Å². The van der Waals surface area contributed by atoms with Crippen molar-refractivity contribution in [3.8, 4) is 22.6 Å². The quantitative estimate of drug-likeness (QED) is 0.172. The Morgan fingerprint density at radius 2 is 0.983 bits per heavy atom. The van der Waals surface area contributed by atoms with Gasteiger partial charge in [-0.3, -0.25) is 28.8 Å². The standard InChI is InChI=1S/C42H58N8O8/c1-23(43-5)37(51)45-25(3)41(55)49-19-9-15-33(49)39(53)47-31-17-21-57-35-27(11-7-13-29(31)35)28-12-8-14-30-32(18-22-58-36(28)30)48-40(54)34-16-10-20-50(34)42(56)26(4)46-38(52)24(2)44-6/h7-8,11-14,23-26,31-34,43-44H,9-10,15-22H2,1-6H3,(H,45,51)(H,46,52)(H,47,53)(H,48,54)/t23-,24-,25-,26-,31+,32+,33-,34-/m0/s1. The molecule has 4 heterocycles. The lowest BCUT2D eigenvalue weighted by atomic mass is 9.90. The molecule has 0 aromatic heterocycles. The number of fused-ring (bicyclic) bond motifs is 2.